The second-order valence-electron chi connectivity index (χ2n) is 6.44. The number of H-pyrrole nitrogens is 1. The van der Waals surface area contributed by atoms with Gasteiger partial charge >= 0.3 is 0 Å². The number of aromatic amines is 1. The zero-order valence-electron chi connectivity index (χ0n) is 14.6. The second-order valence-corrected chi connectivity index (χ2v) is 9.03. The van der Waals surface area contributed by atoms with E-state index in [1.165, 1.54) is 5.56 Å². The maximum absolute atomic E-state index is 11.7. The van der Waals surface area contributed by atoms with E-state index in [-0.39, 0.29) is 17.5 Å². The molecule has 3 rings (SSSR count). The van der Waals surface area contributed by atoms with Gasteiger partial charge in [-0.15, -0.1) is 0 Å². The summed E-state index contributed by atoms with van der Waals surface area (Å²) in [6.45, 7) is 5.45. The molecule has 1 atom stereocenters. The average molecular weight is 381 g/mol. The van der Waals surface area contributed by atoms with Crippen LogP contribution in [0.4, 0.5) is 0 Å². The van der Waals surface area contributed by atoms with Gasteiger partial charge in [0, 0.05) is 11.6 Å². The minimum absolute atomic E-state index is 0.0486. The molecule has 1 aromatic heterocycles. The van der Waals surface area contributed by atoms with Crippen molar-refractivity contribution in [2.45, 2.75) is 39.4 Å². The van der Waals surface area contributed by atoms with Gasteiger partial charge in [0.1, 0.15) is 0 Å². The highest BCUT2D eigenvalue weighted by Crippen LogP contribution is 2.20. The lowest BCUT2D eigenvalue weighted by atomic mass is 10.1. The molecule has 1 fully saturated rings. The lowest BCUT2D eigenvalue weighted by Crippen LogP contribution is -2.37. The largest absolute Gasteiger partial charge is 0.281 e. The summed E-state index contributed by atoms with van der Waals surface area (Å²) >= 11 is 5.38. The molecule has 1 aliphatic rings. The molecule has 2 aromatic rings. The van der Waals surface area contributed by atoms with Crippen LogP contribution in [-0.4, -0.2) is 52.2 Å². The highest BCUT2D eigenvalue weighted by molar-refractivity contribution is 7.91. The third-order valence-electron chi connectivity index (χ3n) is 4.77. The van der Waals surface area contributed by atoms with Gasteiger partial charge in [0.05, 0.1) is 18.2 Å². The van der Waals surface area contributed by atoms with Crippen LogP contribution in [0.3, 0.4) is 0 Å². The normalized spacial score (nSPS) is 19.6. The SMILES string of the molecule is CCc1ccc(-c2nc(=S)n(CN(CC)[C@H]3CCS(=O)(=O)C3)[nH]2)cc1. The van der Waals surface area contributed by atoms with E-state index in [2.05, 4.69) is 34.0 Å². The van der Waals surface area contributed by atoms with E-state index in [1.807, 2.05) is 23.7 Å². The number of aryl methyl sites for hydroxylation is 1. The third kappa shape index (κ3) is 4.19. The first kappa shape index (κ1) is 18.3. The molecule has 2 heterocycles. The smallest absolute Gasteiger partial charge is 0.217 e. The Hall–Kier alpha value is -1.51. The standard InChI is InChI=1S/C17H24N4O2S2/c1-3-13-5-7-14(8-6-13)16-18-17(24)21(19-16)12-20(4-2)15-9-10-25(22,23)11-15/h5-8,15H,3-4,9-12H2,1-2H3,(H,18,19,24)/t15-/m0/s1. The number of benzene rings is 1. The predicted octanol–water partition coefficient (Wildman–Crippen LogP) is 2.64. The van der Waals surface area contributed by atoms with E-state index in [0.29, 0.717) is 17.9 Å². The van der Waals surface area contributed by atoms with E-state index in [0.717, 1.165) is 24.4 Å². The monoisotopic (exact) mass is 380 g/mol. The summed E-state index contributed by atoms with van der Waals surface area (Å²) in [5, 5.41) is 3.25. The van der Waals surface area contributed by atoms with Crippen molar-refractivity contribution in [2.75, 3.05) is 18.1 Å². The summed E-state index contributed by atoms with van der Waals surface area (Å²) in [4.78, 5) is 6.60. The highest BCUT2D eigenvalue weighted by atomic mass is 32.2. The van der Waals surface area contributed by atoms with E-state index in [4.69, 9.17) is 12.2 Å². The van der Waals surface area contributed by atoms with Gasteiger partial charge in [-0.05, 0) is 37.2 Å². The third-order valence-corrected chi connectivity index (χ3v) is 6.83. The molecule has 136 valence electrons. The fourth-order valence-electron chi connectivity index (χ4n) is 3.20. The first-order chi connectivity index (χ1) is 11.9. The number of aromatic nitrogens is 3. The van der Waals surface area contributed by atoms with Gasteiger partial charge in [0.15, 0.2) is 15.7 Å². The Kier molecular flexibility index (Phi) is 5.41. The zero-order valence-corrected chi connectivity index (χ0v) is 16.2. The molecule has 1 aliphatic heterocycles. The van der Waals surface area contributed by atoms with Gasteiger partial charge in [-0.1, -0.05) is 38.1 Å². The van der Waals surface area contributed by atoms with Crippen LogP contribution < -0.4 is 0 Å². The average Bonchev–Trinajstić information content (AvgIpc) is 3.15. The van der Waals surface area contributed by atoms with Crippen molar-refractivity contribution in [3.63, 3.8) is 0 Å². The molecular formula is C17H24N4O2S2. The summed E-state index contributed by atoms with van der Waals surface area (Å²) in [5.41, 5.74) is 2.27. The summed E-state index contributed by atoms with van der Waals surface area (Å²) in [6.07, 6.45) is 1.68. The number of nitrogens with one attached hydrogen (secondary N) is 1. The molecule has 0 aliphatic carbocycles. The fraction of sp³-hybridized carbons (Fsp3) is 0.529. The van der Waals surface area contributed by atoms with Crippen molar-refractivity contribution in [2.24, 2.45) is 0 Å². The first-order valence-electron chi connectivity index (χ1n) is 8.62. The molecule has 0 spiro atoms. The van der Waals surface area contributed by atoms with E-state index in [9.17, 15) is 8.42 Å². The Morgan fingerprint density at radius 3 is 2.60 bits per heavy atom. The van der Waals surface area contributed by atoms with Crippen LogP contribution in [0.2, 0.25) is 0 Å². The summed E-state index contributed by atoms with van der Waals surface area (Å²) in [6, 6.07) is 8.31. The molecule has 0 amide bonds. The van der Waals surface area contributed by atoms with Crippen LogP contribution >= 0.6 is 12.2 Å². The van der Waals surface area contributed by atoms with Crippen molar-refractivity contribution in [3.05, 3.63) is 34.6 Å². The van der Waals surface area contributed by atoms with Crippen LogP contribution in [0.15, 0.2) is 24.3 Å². The topological polar surface area (TPSA) is 71.0 Å². The Morgan fingerprint density at radius 2 is 2.04 bits per heavy atom. The molecular weight excluding hydrogens is 356 g/mol. The second kappa shape index (κ2) is 7.39. The molecule has 1 N–H and O–H groups in total. The van der Waals surface area contributed by atoms with E-state index < -0.39 is 9.84 Å². The lowest BCUT2D eigenvalue weighted by molar-refractivity contribution is 0.164. The van der Waals surface area contributed by atoms with Crippen LogP contribution in [0.1, 0.15) is 25.8 Å². The molecule has 8 heteroatoms. The molecule has 0 bridgehead atoms. The van der Waals surface area contributed by atoms with Crippen molar-refractivity contribution in [3.8, 4) is 11.4 Å². The number of rotatable bonds is 6. The predicted molar refractivity (Wildman–Crippen MR) is 102 cm³/mol. The summed E-state index contributed by atoms with van der Waals surface area (Å²) in [7, 11) is -2.90. The number of nitrogens with zero attached hydrogens (tertiary/aromatic N) is 3. The molecule has 25 heavy (non-hydrogen) atoms. The molecule has 1 saturated heterocycles. The quantitative estimate of drug-likeness (QED) is 0.780. The van der Waals surface area contributed by atoms with Crippen molar-refractivity contribution < 1.29 is 8.42 Å². The van der Waals surface area contributed by atoms with E-state index >= 15 is 0 Å². The maximum Gasteiger partial charge on any atom is 0.217 e. The van der Waals surface area contributed by atoms with Crippen molar-refractivity contribution in [1.82, 2.24) is 19.7 Å². The maximum atomic E-state index is 11.7. The molecule has 1 aromatic carbocycles. The van der Waals surface area contributed by atoms with Crippen LogP contribution in [-0.2, 0) is 22.9 Å². The molecule has 0 saturated carbocycles. The Bertz CT molecular complexity index is 884. The lowest BCUT2D eigenvalue weighted by Gasteiger charge is -2.26. The Labute approximate surface area is 153 Å². The molecule has 0 unspecified atom stereocenters. The molecule has 6 nitrogen and oxygen atoms in total. The first-order valence-corrected chi connectivity index (χ1v) is 10.9. The van der Waals surface area contributed by atoms with Gasteiger partial charge < -0.3 is 0 Å². The molecule has 0 radical (unpaired) electrons. The van der Waals surface area contributed by atoms with Crippen LogP contribution in [0, 0.1) is 4.77 Å². The summed E-state index contributed by atoms with van der Waals surface area (Å²) < 4.78 is 25.8. The van der Waals surface area contributed by atoms with Gasteiger partial charge in [0.25, 0.3) is 0 Å². The minimum atomic E-state index is -2.90. The summed E-state index contributed by atoms with van der Waals surface area (Å²) in [5.74, 6) is 1.24. The number of hydrogen-bond acceptors (Lipinski definition) is 5. The van der Waals surface area contributed by atoms with E-state index in [1.54, 1.807) is 0 Å². The van der Waals surface area contributed by atoms with Crippen LogP contribution in [0.5, 0.6) is 0 Å². The number of hydrogen-bond donors (Lipinski definition) is 1. The highest BCUT2D eigenvalue weighted by Gasteiger charge is 2.31. The zero-order chi connectivity index (χ0) is 18.0. The van der Waals surface area contributed by atoms with Gasteiger partial charge in [-0.3, -0.25) is 10.00 Å². The van der Waals surface area contributed by atoms with Gasteiger partial charge in [0.2, 0.25) is 4.77 Å². The van der Waals surface area contributed by atoms with Crippen molar-refractivity contribution in [1.29, 1.82) is 0 Å². The minimum Gasteiger partial charge on any atom is -0.281 e. The van der Waals surface area contributed by atoms with Crippen molar-refractivity contribution >= 4 is 22.1 Å². The van der Waals surface area contributed by atoms with Gasteiger partial charge in [-0.2, -0.15) is 4.98 Å². The fourth-order valence-corrected chi connectivity index (χ4v) is 5.15. The Balaban J connectivity index is 1.78. The van der Waals surface area contributed by atoms with Crippen LogP contribution in [0.25, 0.3) is 11.4 Å². The Morgan fingerprint density at radius 1 is 1.32 bits per heavy atom. The van der Waals surface area contributed by atoms with Gasteiger partial charge in [-0.25, -0.2) is 13.1 Å². The number of sulfone groups is 1.